The van der Waals surface area contributed by atoms with Crippen molar-refractivity contribution in [3.63, 3.8) is 0 Å². The van der Waals surface area contributed by atoms with E-state index in [9.17, 15) is 9.59 Å². The van der Waals surface area contributed by atoms with Crippen LogP contribution in [-0.2, 0) is 14.3 Å². The molecule has 1 aromatic rings. The maximum atomic E-state index is 11.5. The molecule has 1 aromatic carbocycles. The molecule has 20 heavy (non-hydrogen) atoms. The minimum absolute atomic E-state index is 0.0792. The van der Waals surface area contributed by atoms with Crippen LogP contribution in [-0.4, -0.2) is 46.2 Å². The van der Waals surface area contributed by atoms with Crippen LogP contribution in [0.15, 0.2) is 12.1 Å². The highest BCUT2D eigenvalue weighted by molar-refractivity contribution is 6.35. The summed E-state index contributed by atoms with van der Waals surface area (Å²) in [4.78, 5) is 26.0. The van der Waals surface area contributed by atoms with Gasteiger partial charge < -0.3 is 24.6 Å². The van der Waals surface area contributed by atoms with Crippen LogP contribution < -0.4 is 15.1 Å². The smallest absolute Gasteiger partial charge is 0.244 e. The zero-order chi connectivity index (χ0) is 14.7. The summed E-state index contributed by atoms with van der Waals surface area (Å²) in [5.74, 6) is -0.0792. The quantitative estimate of drug-likeness (QED) is 0.835. The van der Waals surface area contributed by atoms with Crippen LogP contribution >= 0.6 is 11.6 Å². The van der Waals surface area contributed by atoms with Crippen LogP contribution in [0.25, 0.3) is 0 Å². The van der Waals surface area contributed by atoms with Crippen molar-refractivity contribution in [3.8, 4) is 0 Å². The number of benzene rings is 1. The van der Waals surface area contributed by atoms with Crippen molar-refractivity contribution in [1.29, 1.82) is 0 Å². The number of hydrogen-bond acceptors (Lipinski definition) is 5. The van der Waals surface area contributed by atoms with Gasteiger partial charge in [0.05, 0.1) is 41.8 Å². The lowest BCUT2D eigenvalue weighted by Gasteiger charge is -2.26. The van der Waals surface area contributed by atoms with Crippen LogP contribution in [0.2, 0.25) is 5.02 Å². The number of rotatable bonds is 2. The molecule has 1 amide bonds. The molecule has 3 rings (SSSR count). The molecular formula is C13H16ClN3O3. The monoisotopic (exact) mass is 297 g/mol. The van der Waals surface area contributed by atoms with E-state index in [-0.39, 0.29) is 5.91 Å². The van der Waals surface area contributed by atoms with E-state index in [1.165, 1.54) is 0 Å². The Kier molecular flexibility index (Phi) is 4.46. The van der Waals surface area contributed by atoms with Crippen LogP contribution in [0.4, 0.5) is 17.1 Å². The molecule has 0 saturated carbocycles. The summed E-state index contributed by atoms with van der Waals surface area (Å²) in [5, 5.41) is 3.30. The first-order valence-corrected chi connectivity index (χ1v) is 6.46. The van der Waals surface area contributed by atoms with E-state index in [1.54, 1.807) is 20.3 Å². The molecule has 0 radical (unpaired) electrons. The second kappa shape index (κ2) is 6.11. The lowest BCUT2D eigenvalue weighted by Crippen LogP contribution is -2.39. The fourth-order valence-electron chi connectivity index (χ4n) is 2.33. The number of anilines is 3. The zero-order valence-corrected chi connectivity index (χ0v) is 12.1. The lowest BCUT2D eigenvalue weighted by molar-refractivity contribution is -0.115. The van der Waals surface area contributed by atoms with Crippen molar-refractivity contribution in [2.24, 2.45) is 0 Å². The van der Waals surface area contributed by atoms with Gasteiger partial charge >= 0.3 is 0 Å². The van der Waals surface area contributed by atoms with E-state index in [4.69, 9.17) is 11.6 Å². The van der Waals surface area contributed by atoms with E-state index in [2.05, 4.69) is 10.1 Å². The molecule has 2 aliphatic rings. The molecule has 2 aliphatic heterocycles. The fourth-order valence-corrected chi connectivity index (χ4v) is 2.53. The van der Waals surface area contributed by atoms with Crippen molar-refractivity contribution in [2.45, 2.75) is 0 Å². The first-order valence-electron chi connectivity index (χ1n) is 6.08. The topological polar surface area (TPSA) is 61.9 Å². The number of nitrogens with zero attached hydrogens (tertiary/aromatic N) is 2. The van der Waals surface area contributed by atoms with Crippen LogP contribution in [0.5, 0.6) is 0 Å². The van der Waals surface area contributed by atoms with Gasteiger partial charge in [-0.05, 0) is 12.1 Å². The summed E-state index contributed by atoms with van der Waals surface area (Å²) < 4.78 is 4.25. The highest BCUT2D eigenvalue weighted by atomic mass is 35.5. The molecule has 0 atom stereocenters. The van der Waals surface area contributed by atoms with E-state index >= 15 is 0 Å². The van der Waals surface area contributed by atoms with Crippen LogP contribution in [0.3, 0.4) is 0 Å². The summed E-state index contributed by atoms with van der Waals surface area (Å²) in [6.07, 6.45) is 0.856. The van der Waals surface area contributed by atoms with Gasteiger partial charge in [0.25, 0.3) is 0 Å². The van der Waals surface area contributed by atoms with Crippen molar-refractivity contribution in [3.05, 3.63) is 17.2 Å². The second-order valence-corrected chi connectivity index (χ2v) is 4.88. The number of methoxy groups -OCH3 is 1. The van der Waals surface area contributed by atoms with Gasteiger partial charge in [0.2, 0.25) is 5.91 Å². The third-order valence-corrected chi connectivity index (χ3v) is 3.31. The summed E-state index contributed by atoms with van der Waals surface area (Å²) in [6, 6.07) is 3.62. The van der Waals surface area contributed by atoms with Gasteiger partial charge in [0.15, 0.2) is 0 Å². The molecule has 0 spiro atoms. The summed E-state index contributed by atoms with van der Waals surface area (Å²) in [7, 11) is 3.25. The average Bonchev–Trinajstić information content (AvgIpc) is 2.73. The van der Waals surface area contributed by atoms with Crippen LogP contribution in [0.1, 0.15) is 0 Å². The summed E-state index contributed by atoms with van der Waals surface area (Å²) in [5.41, 5.74) is 2.50. The Balaban J connectivity index is 0.000000452. The highest BCUT2D eigenvalue weighted by Gasteiger charge is 2.34. The molecule has 0 unspecified atom stereocenters. The maximum absolute atomic E-state index is 11.5. The van der Waals surface area contributed by atoms with Gasteiger partial charge in [-0.2, -0.15) is 0 Å². The van der Waals surface area contributed by atoms with E-state index in [1.807, 2.05) is 15.9 Å². The number of nitrogens with one attached hydrogen (secondary N) is 1. The van der Waals surface area contributed by atoms with Crippen LogP contribution in [0, 0.1) is 0 Å². The minimum atomic E-state index is -0.0792. The Hall–Kier alpha value is -1.79. The third-order valence-electron chi connectivity index (χ3n) is 3.00. The van der Waals surface area contributed by atoms with Gasteiger partial charge in [0, 0.05) is 14.2 Å². The summed E-state index contributed by atoms with van der Waals surface area (Å²) in [6.45, 7) is 1.17. The molecular weight excluding hydrogens is 282 g/mol. The minimum Gasteiger partial charge on any atom is -0.388 e. The molecule has 2 heterocycles. The fraction of sp³-hybridized carbons (Fsp3) is 0.385. The summed E-state index contributed by atoms with van der Waals surface area (Å²) >= 11 is 6.07. The van der Waals surface area contributed by atoms with Gasteiger partial charge in [0.1, 0.15) is 6.29 Å². The first-order chi connectivity index (χ1) is 9.62. The number of hydrogen-bond donors (Lipinski definition) is 1. The Labute approximate surface area is 122 Å². The Morgan fingerprint density at radius 1 is 1.45 bits per heavy atom. The third kappa shape index (κ3) is 2.57. The molecule has 0 aliphatic carbocycles. The SMILES string of the molecule is COC.O=CCN1CN2CC(=O)Nc3c(Cl)ccc1c32. The van der Waals surface area contributed by atoms with Crippen molar-refractivity contribution in [2.75, 3.05) is 49.1 Å². The Morgan fingerprint density at radius 3 is 2.80 bits per heavy atom. The Morgan fingerprint density at radius 2 is 2.15 bits per heavy atom. The van der Waals surface area contributed by atoms with Gasteiger partial charge in [-0.15, -0.1) is 0 Å². The largest absolute Gasteiger partial charge is 0.388 e. The molecule has 0 aromatic heterocycles. The van der Waals surface area contributed by atoms with Gasteiger partial charge in [-0.3, -0.25) is 4.79 Å². The molecule has 7 heteroatoms. The van der Waals surface area contributed by atoms with Gasteiger partial charge in [-0.1, -0.05) is 11.6 Å². The highest BCUT2D eigenvalue weighted by Crippen LogP contribution is 2.46. The predicted octanol–water partition coefficient (Wildman–Crippen LogP) is 1.34. The van der Waals surface area contributed by atoms with E-state index in [0.717, 1.165) is 17.7 Å². The van der Waals surface area contributed by atoms with Crippen molar-refractivity contribution >= 4 is 40.9 Å². The normalized spacial score (nSPS) is 15.2. The number of halogens is 1. The predicted molar refractivity (Wildman–Crippen MR) is 78.6 cm³/mol. The average molecular weight is 298 g/mol. The van der Waals surface area contributed by atoms with Crippen molar-refractivity contribution < 1.29 is 14.3 Å². The van der Waals surface area contributed by atoms with E-state index < -0.39 is 0 Å². The van der Waals surface area contributed by atoms with Crippen molar-refractivity contribution in [1.82, 2.24) is 0 Å². The molecule has 0 fully saturated rings. The maximum Gasteiger partial charge on any atom is 0.244 e. The molecule has 0 bridgehead atoms. The number of carbonyl (C=O) groups is 2. The number of ether oxygens (including phenoxy) is 1. The lowest BCUT2D eigenvalue weighted by atomic mass is 10.2. The molecule has 0 saturated heterocycles. The molecule has 6 nitrogen and oxygen atoms in total. The first kappa shape index (κ1) is 14.6. The van der Waals surface area contributed by atoms with E-state index in [0.29, 0.717) is 30.5 Å². The molecule has 1 N–H and O–H groups in total. The Bertz CT molecular complexity index is 536. The standard InChI is InChI=1S/C11H10ClN3O2.C2H6O/c12-7-1-2-8-11-10(7)13-9(17)5-15(11)6-14(8)3-4-16;1-3-2/h1-2,4H,3,5-6H2,(H,13,17);1-2H3. The number of aldehydes is 1. The number of carbonyl (C=O) groups excluding carboxylic acids is 2. The second-order valence-electron chi connectivity index (χ2n) is 4.47. The zero-order valence-electron chi connectivity index (χ0n) is 11.4. The number of amides is 1. The van der Waals surface area contributed by atoms with Gasteiger partial charge in [-0.25, -0.2) is 0 Å². The molecule has 108 valence electrons.